The zero-order valence-electron chi connectivity index (χ0n) is 10.5. The Morgan fingerprint density at radius 1 is 1.06 bits per heavy atom. The summed E-state index contributed by atoms with van der Waals surface area (Å²) in [7, 11) is 0. The molecule has 17 heavy (non-hydrogen) atoms. The van der Waals surface area contributed by atoms with Crippen LogP contribution in [0.15, 0.2) is 30.3 Å². The van der Waals surface area contributed by atoms with Crippen molar-refractivity contribution in [3.05, 3.63) is 35.9 Å². The molecule has 96 valence electrons. The number of benzene rings is 1. The molecule has 1 N–H and O–H groups in total. The molecule has 1 rings (SSSR count). The van der Waals surface area contributed by atoms with E-state index >= 15 is 0 Å². The molecule has 0 bridgehead atoms. The van der Waals surface area contributed by atoms with Gasteiger partial charge in [-0.2, -0.15) is 0 Å². The number of rotatable bonds is 6. The van der Waals surface area contributed by atoms with Crippen molar-refractivity contribution in [3.63, 3.8) is 0 Å². The quantitative estimate of drug-likeness (QED) is 0.491. The fraction of sp³-hybridized carbons (Fsp3) is 0.500. The summed E-state index contributed by atoms with van der Waals surface area (Å²) < 4.78 is 0. The van der Waals surface area contributed by atoms with Gasteiger partial charge >= 0.3 is 0 Å². The molecule has 1 aromatic carbocycles. The van der Waals surface area contributed by atoms with Gasteiger partial charge in [-0.1, -0.05) is 62.9 Å². The molecule has 0 heterocycles. The SMILES string of the molecule is CCCCCCCc1ccccc1.O=CO.[Mo]. The monoisotopic (exact) mass is 320 g/mol. The summed E-state index contributed by atoms with van der Waals surface area (Å²) in [5, 5.41) is 6.89. The van der Waals surface area contributed by atoms with Crippen LogP contribution >= 0.6 is 0 Å². The molecule has 0 spiro atoms. The van der Waals surface area contributed by atoms with Gasteiger partial charge in [-0.3, -0.25) is 4.79 Å². The van der Waals surface area contributed by atoms with Crippen LogP contribution in [-0.2, 0) is 32.3 Å². The summed E-state index contributed by atoms with van der Waals surface area (Å²) in [6, 6.07) is 10.8. The zero-order valence-corrected chi connectivity index (χ0v) is 12.5. The van der Waals surface area contributed by atoms with E-state index in [2.05, 4.69) is 37.3 Å². The Balaban J connectivity index is 0. The first-order valence-corrected chi connectivity index (χ1v) is 5.97. The van der Waals surface area contributed by atoms with E-state index in [4.69, 9.17) is 9.90 Å². The average Bonchev–Trinajstić information content (AvgIpc) is 2.31. The van der Waals surface area contributed by atoms with Crippen LogP contribution in [0.2, 0.25) is 0 Å². The molecule has 0 aliphatic carbocycles. The first-order chi connectivity index (χ1) is 7.85. The summed E-state index contributed by atoms with van der Waals surface area (Å²) in [5.74, 6) is 0. The van der Waals surface area contributed by atoms with E-state index in [0.717, 1.165) is 0 Å². The molecule has 2 nitrogen and oxygen atoms in total. The molecule has 0 aliphatic heterocycles. The number of carboxylic acid groups (broad SMARTS) is 1. The third-order valence-corrected chi connectivity index (χ3v) is 2.41. The fourth-order valence-electron chi connectivity index (χ4n) is 1.58. The summed E-state index contributed by atoms with van der Waals surface area (Å²) in [4.78, 5) is 8.36. The number of unbranched alkanes of at least 4 members (excludes halogenated alkanes) is 4. The largest absolute Gasteiger partial charge is 0.483 e. The van der Waals surface area contributed by atoms with Gasteiger partial charge in [0.25, 0.3) is 6.47 Å². The van der Waals surface area contributed by atoms with Crippen LogP contribution in [-0.4, -0.2) is 11.6 Å². The molecule has 3 heteroatoms. The Hall–Kier alpha value is -0.622. The summed E-state index contributed by atoms with van der Waals surface area (Å²) >= 11 is 0. The molecule has 0 saturated heterocycles. The summed E-state index contributed by atoms with van der Waals surface area (Å²) in [6.45, 7) is 2.01. The third kappa shape index (κ3) is 13.3. The van der Waals surface area contributed by atoms with Gasteiger partial charge < -0.3 is 5.11 Å². The van der Waals surface area contributed by atoms with Gasteiger partial charge in [-0.25, -0.2) is 0 Å². The van der Waals surface area contributed by atoms with Gasteiger partial charge in [0.1, 0.15) is 0 Å². The molecule has 0 radical (unpaired) electrons. The number of hydrogen-bond acceptors (Lipinski definition) is 1. The Morgan fingerprint density at radius 2 is 1.59 bits per heavy atom. The summed E-state index contributed by atoms with van der Waals surface area (Å²) in [5.41, 5.74) is 1.49. The molecule has 0 saturated carbocycles. The van der Waals surface area contributed by atoms with Crippen LogP contribution < -0.4 is 0 Å². The molecule has 0 amide bonds. The van der Waals surface area contributed by atoms with Gasteiger partial charge in [0.15, 0.2) is 0 Å². The minimum Gasteiger partial charge on any atom is -0.483 e. The van der Waals surface area contributed by atoms with E-state index in [0.29, 0.717) is 0 Å². The van der Waals surface area contributed by atoms with Crippen LogP contribution in [0.4, 0.5) is 0 Å². The first-order valence-electron chi connectivity index (χ1n) is 5.97. The maximum atomic E-state index is 8.36. The Kier molecular flexibility index (Phi) is 16.9. The molecule has 0 aromatic heterocycles. The maximum absolute atomic E-state index is 8.36. The molecule has 0 fully saturated rings. The third-order valence-electron chi connectivity index (χ3n) is 2.41. The van der Waals surface area contributed by atoms with Gasteiger partial charge in [-0.15, -0.1) is 0 Å². The van der Waals surface area contributed by atoms with Crippen molar-refractivity contribution < 1.29 is 31.0 Å². The minimum atomic E-state index is -0.250. The van der Waals surface area contributed by atoms with Crippen molar-refractivity contribution >= 4 is 6.47 Å². The molecule has 0 atom stereocenters. The molecular formula is C14H22MoO2. The average molecular weight is 318 g/mol. The topological polar surface area (TPSA) is 37.3 Å². The van der Waals surface area contributed by atoms with Gasteiger partial charge in [0.2, 0.25) is 0 Å². The van der Waals surface area contributed by atoms with Crippen LogP contribution in [0.5, 0.6) is 0 Å². The molecular weight excluding hydrogens is 296 g/mol. The standard InChI is InChI=1S/C13H20.CH2O2.Mo/c1-2-3-4-5-7-10-13-11-8-6-9-12-13;2-1-3;/h6,8-9,11-12H,2-5,7,10H2,1H3;1H,(H,2,3);. The minimum absolute atomic E-state index is 0. The van der Waals surface area contributed by atoms with Crippen molar-refractivity contribution in [1.29, 1.82) is 0 Å². The van der Waals surface area contributed by atoms with Crippen LogP contribution in [0.25, 0.3) is 0 Å². The van der Waals surface area contributed by atoms with Crippen molar-refractivity contribution in [2.45, 2.75) is 45.4 Å². The molecule has 1 aromatic rings. The van der Waals surface area contributed by atoms with E-state index in [9.17, 15) is 0 Å². The normalized spacial score (nSPS) is 8.53. The second-order valence-electron chi connectivity index (χ2n) is 3.76. The predicted octanol–water partition coefficient (Wildman–Crippen LogP) is 3.90. The Morgan fingerprint density at radius 3 is 2.12 bits per heavy atom. The number of aryl methyl sites for hydroxylation is 1. The molecule has 0 aliphatic rings. The van der Waals surface area contributed by atoms with E-state index in [1.54, 1.807) is 0 Å². The van der Waals surface area contributed by atoms with Crippen LogP contribution in [0.3, 0.4) is 0 Å². The van der Waals surface area contributed by atoms with E-state index in [1.165, 1.54) is 44.1 Å². The summed E-state index contributed by atoms with van der Waals surface area (Å²) in [6.07, 6.45) is 8.14. The van der Waals surface area contributed by atoms with E-state index < -0.39 is 0 Å². The second-order valence-corrected chi connectivity index (χ2v) is 3.76. The fourth-order valence-corrected chi connectivity index (χ4v) is 1.58. The van der Waals surface area contributed by atoms with Crippen molar-refractivity contribution in [2.24, 2.45) is 0 Å². The smallest absolute Gasteiger partial charge is 0.290 e. The van der Waals surface area contributed by atoms with Gasteiger partial charge in [0, 0.05) is 21.1 Å². The predicted molar refractivity (Wildman–Crippen MR) is 67.6 cm³/mol. The van der Waals surface area contributed by atoms with E-state index in [1.807, 2.05) is 0 Å². The number of carbonyl (C=O) groups is 1. The zero-order chi connectivity index (χ0) is 12.1. The number of hydrogen-bond donors (Lipinski definition) is 1. The van der Waals surface area contributed by atoms with Crippen molar-refractivity contribution in [3.8, 4) is 0 Å². The Bertz CT molecular complexity index is 250. The maximum Gasteiger partial charge on any atom is 0.290 e. The van der Waals surface area contributed by atoms with Crippen molar-refractivity contribution in [1.82, 2.24) is 0 Å². The van der Waals surface area contributed by atoms with E-state index in [-0.39, 0.29) is 27.5 Å². The van der Waals surface area contributed by atoms with Crippen molar-refractivity contribution in [2.75, 3.05) is 0 Å². The van der Waals surface area contributed by atoms with Gasteiger partial charge in [-0.05, 0) is 18.4 Å². The van der Waals surface area contributed by atoms with Crippen LogP contribution in [0.1, 0.15) is 44.6 Å². The van der Waals surface area contributed by atoms with Gasteiger partial charge in [0.05, 0.1) is 0 Å². The molecule has 0 unspecified atom stereocenters. The Labute approximate surface area is 119 Å². The first kappa shape index (κ1) is 18.7. The second kappa shape index (κ2) is 15.4. The van der Waals surface area contributed by atoms with Crippen LogP contribution in [0, 0.1) is 0 Å².